The predicted octanol–water partition coefficient (Wildman–Crippen LogP) is 3.94. The van der Waals surface area contributed by atoms with E-state index in [0.29, 0.717) is 0 Å². The van der Waals surface area contributed by atoms with Crippen molar-refractivity contribution in [2.24, 2.45) is 0 Å². The molecule has 0 radical (unpaired) electrons. The highest BCUT2D eigenvalue weighted by molar-refractivity contribution is 7.14. The number of hydrogen-bond acceptors (Lipinski definition) is 3. The van der Waals surface area contributed by atoms with Gasteiger partial charge in [-0.1, -0.05) is 12.1 Å². The van der Waals surface area contributed by atoms with Crippen LogP contribution in [0.15, 0.2) is 24.3 Å². The molecule has 2 heterocycles. The smallest absolute Gasteiger partial charge is 0.264 e. The molecule has 1 aliphatic heterocycles. The number of amides is 1. The first kappa shape index (κ1) is 16.1. The molecule has 3 nitrogen and oxygen atoms in total. The second-order valence-electron chi connectivity index (χ2n) is 6.35. The molecule has 0 spiro atoms. The van der Waals surface area contributed by atoms with Gasteiger partial charge < -0.3 is 9.80 Å². The molecule has 0 aliphatic carbocycles. The number of carbonyl (C=O) groups excluding carboxylic acids is 1. The SMILES string of the molecule is Cc1cc(C(=O)N2CCN(c3cccc(C)c3C)CC2)sc1C. The highest BCUT2D eigenvalue weighted by Crippen LogP contribution is 2.26. The van der Waals surface area contributed by atoms with Crippen molar-refractivity contribution in [3.05, 3.63) is 50.7 Å². The van der Waals surface area contributed by atoms with E-state index in [0.717, 1.165) is 31.1 Å². The van der Waals surface area contributed by atoms with Gasteiger partial charge in [-0.05, 0) is 56.5 Å². The van der Waals surface area contributed by atoms with Gasteiger partial charge in [0.15, 0.2) is 0 Å². The van der Waals surface area contributed by atoms with Crippen LogP contribution >= 0.6 is 11.3 Å². The lowest BCUT2D eigenvalue weighted by Crippen LogP contribution is -2.48. The summed E-state index contributed by atoms with van der Waals surface area (Å²) in [6.45, 7) is 11.9. The summed E-state index contributed by atoms with van der Waals surface area (Å²) >= 11 is 1.61. The quantitative estimate of drug-likeness (QED) is 0.833. The van der Waals surface area contributed by atoms with Gasteiger partial charge in [0.1, 0.15) is 0 Å². The summed E-state index contributed by atoms with van der Waals surface area (Å²) in [5.41, 5.74) is 5.19. The summed E-state index contributed by atoms with van der Waals surface area (Å²) in [6, 6.07) is 8.48. The molecule has 0 unspecified atom stereocenters. The Morgan fingerprint density at radius 1 is 1.00 bits per heavy atom. The van der Waals surface area contributed by atoms with Gasteiger partial charge in [0.25, 0.3) is 5.91 Å². The fourth-order valence-corrected chi connectivity index (χ4v) is 4.06. The first-order valence-electron chi connectivity index (χ1n) is 8.15. The minimum Gasteiger partial charge on any atom is -0.368 e. The van der Waals surface area contributed by atoms with Crippen LogP contribution in [0.3, 0.4) is 0 Å². The third kappa shape index (κ3) is 3.13. The number of rotatable bonds is 2. The fraction of sp³-hybridized carbons (Fsp3) is 0.421. The monoisotopic (exact) mass is 328 g/mol. The van der Waals surface area contributed by atoms with Crippen molar-refractivity contribution in [3.63, 3.8) is 0 Å². The normalized spacial score (nSPS) is 15.1. The minimum absolute atomic E-state index is 0.187. The Morgan fingerprint density at radius 2 is 1.70 bits per heavy atom. The number of hydrogen-bond donors (Lipinski definition) is 0. The Balaban J connectivity index is 1.68. The number of carbonyl (C=O) groups is 1. The summed E-state index contributed by atoms with van der Waals surface area (Å²) in [7, 11) is 0. The van der Waals surface area contributed by atoms with Crippen LogP contribution in [-0.2, 0) is 0 Å². The van der Waals surface area contributed by atoms with Crippen LogP contribution in [0.25, 0.3) is 0 Å². The van der Waals surface area contributed by atoms with Crippen LogP contribution in [0.1, 0.15) is 31.2 Å². The van der Waals surface area contributed by atoms with Gasteiger partial charge in [0.05, 0.1) is 4.88 Å². The van der Waals surface area contributed by atoms with Gasteiger partial charge in [-0.15, -0.1) is 11.3 Å². The summed E-state index contributed by atoms with van der Waals surface area (Å²) in [6.07, 6.45) is 0. The molecular weight excluding hydrogens is 304 g/mol. The lowest BCUT2D eigenvalue weighted by Gasteiger charge is -2.36. The predicted molar refractivity (Wildman–Crippen MR) is 97.8 cm³/mol. The zero-order valence-electron chi connectivity index (χ0n) is 14.3. The zero-order chi connectivity index (χ0) is 16.6. The molecule has 0 N–H and O–H groups in total. The molecule has 1 saturated heterocycles. The van der Waals surface area contributed by atoms with E-state index in [2.05, 4.69) is 50.8 Å². The molecule has 0 saturated carbocycles. The molecule has 1 amide bonds. The lowest BCUT2D eigenvalue weighted by atomic mass is 10.1. The van der Waals surface area contributed by atoms with E-state index in [1.54, 1.807) is 11.3 Å². The number of nitrogens with zero attached hydrogens (tertiary/aromatic N) is 2. The lowest BCUT2D eigenvalue weighted by molar-refractivity contribution is 0.0751. The molecule has 4 heteroatoms. The van der Waals surface area contributed by atoms with Crippen molar-refractivity contribution in [3.8, 4) is 0 Å². The van der Waals surface area contributed by atoms with Crippen LogP contribution in [-0.4, -0.2) is 37.0 Å². The van der Waals surface area contributed by atoms with Crippen molar-refractivity contribution in [2.75, 3.05) is 31.1 Å². The van der Waals surface area contributed by atoms with Gasteiger partial charge in [0, 0.05) is 36.7 Å². The summed E-state index contributed by atoms with van der Waals surface area (Å²) in [5, 5.41) is 0. The highest BCUT2D eigenvalue weighted by Gasteiger charge is 2.24. The van der Waals surface area contributed by atoms with E-state index in [1.165, 1.54) is 27.3 Å². The molecule has 0 atom stereocenters. The third-order valence-electron chi connectivity index (χ3n) is 4.86. The third-order valence-corrected chi connectivity index (χ3v) is 6.00. The van der Waals surface area contributed by atoms with Gasteiger partial charge in [-0.25, -0.2) is 0 Å². The number of piperazine rings is 1. The topological polar surface area (TPSA) is 23.6 Å². The van der Waals surface area contributed by atoms with E-state index >= 15 is 0 Å². The maximum atomic E-state index is 12.6. The summed E-state index contributed by atoms with van der Waals surface area (Å²) < 4.78 is 0. The Labute approximate surface area is 142 Å². The average Bonchev–Trinajstić information content (AvgIpc) is 2.89. The number of thiophene rings is 1. The van der Waals surface area contributed by atoms with Crippen LogP contribution in [0, 0.1) is 27.7 Å². The largest absolute Gasteiger partial charge is 0.368 e. The maximum Gasteiger partial charge on any atom is 0.264 e. The van der Waals surface area contributed by atoms with Crippen molar-refractivity contribution in [1.82, 2.24) is 4.90 Å². The maximum absolute atomic E-state index is 12.6. The Hall–Kier alpha value is -1.81. The number of aryl methyl sites for hydroxylation is 3. The van der Waals surface area contributed by atoms with E-state index in [4.69, 9.17) is 0 Å². The van der Waals surface area contributed by atoms with Gasteiger partial charge in [-0.3, -0.25) is 4.79 Å². The fourth-order valence-electron chi connectivity index (χ4n) is 3.06. The number of benzene rings is 1. The van der Waals surface area contributed by atoms with Crippen molar-refractivity contribution in [2.45, 2.75) is 27.7 Å². The average molecular weight is 328 g/mol. The molecule has 122 valence electrons. The van der Waals surface area contributed by atoms with Crippen LogP contribution in [0.5, 0.6) is 0 Å². The molecule has 1 aromatic carbocycles. The molecule has 0 bridgehead atoms. The van der Waals surface area contributed by atoms with E-state index in [9.17, 15) is 4.79 Å². The minimum atomic E-state index is 0.187. The first-order chi connectivity index (χ1) is 11.0. The van der Waals surface area contributed by atoms with Crippen molar-refractivity contribution < 1.29 is 4.79 Å². The van der Waals surface area contributed by atoms with Crippen molar-refractivity contribution in [1.29, 1.82) is 0 Å². The Kier molecular flexibility index (Phi) is 4.44. The van der Waals surface area contributed by atoms with E-state index in [1.807, 2.05) is 11.0 Å². The highest BCUT2D eigenvalue weighted by atomic mass is 32.1. The van der Waals surface area contributed by atoms with Gasteiger partial charge >= 0.3 is 0 Å². The van der Waals surface area contributed by atoms with E-state index < -0.39 is 0 Å². The molecule has 3 rings (SSSR count). The van der Waals surface area contributed by atoms with Crippen LogP contribution in [0.2, 0.25) is 0 Å². The zero-order valence-corrected chi connectivity index (χ0v) is 15.2. The Morgan fingerprint density at radius 3 is 2.30 bits per heavy atom. The molecule has 1 aliphatic rings. The molecule has 1 fully saturated rings. The van der Waals surface area contributed by atoms with Crippen molar-refractivity contribution >= 4 is 22.9 Å². The van der Waals surface area contributed by atoms with Gasteiger partial charge in [-0.2, -0.15) is 0 Å². The number of anilines is 1. The molecule has 2 aromatic rings. The second kappa shape index (κ2) is 6.36. The molecule has 1 aromatic heterocycles. The van der Waals surface area contributed by atoms with Crippen LogP contribution < -0.4 is 4.90 Å². The first-order valence-corrected chi connectivity index (χ1v) is 8.96. The van der Waals surface area contributed by atoms with Crippen LogP contribution in [0.4, 0.5) is 5.69 Å². The van der Waals surface area contributed by atoms with Gasteiger partial charge in [0.2, 0.25) is 0 Å². The molecule has 23 heavy (non-hydrogen) atoms. The van der Waals surface area contributed by atoms with E-state index in [-0.39, 0.29) is 5.91 Å². The molecular formula is C19H24N2OS. The standard InChI is InChI=1S/C19H24N2OS/c1-13-6-5-7-17(15(13)3)20-8-10-21(11-9-20)19(22)18-12-14(2)16(4)23-18/h5-7,12H,8-11H2,1-4H3. The Bertz CT molecular complexity index is 707. The second-order valence-corrected chi connectivity index (χ2v) is 7.60. The summed E-state index contributed by atoms with van der Waals surface area (Å²) in [4.78, 5) is 19.2. The summed E-state index contributed by atoms with van der Waals surface area (Å²) in [5.74, 6) is 0.187.